The molecule has 1 aromatic rings. The van der Waals surface area contributed by atoms with Crippen LogP contribution < -0.4 is 0 Å². The minimum Gasteiger partial charge on any atom is -0.387 e. The highest BCUT2D eigenvalue weighted by Crippen LogP contribution is 2.42. The van der Waals surface area contributed by atoms with Crippen LogP contribution >= 0.6 is 11.3 Å². The topological polar surface area (TPSA) is 20.2 Å². The van der Waals surface area contributed by atoms with Gasteiger partial charge in [-0.05, 0) is 54.6 Å². The van der Waals surface area contributed by atoms with E-state index in [0.717, 1.165) is 16.7 Å². The SMILES string of the molecule is CC1CC(C)CC(C(O)c2ccc(C(C)(C)C)s2)C1. The van der Waals surface area contributed by atoms with E-state index in [1.165, 1.54) is 24.1 Å². The van der Waals surface area contributed by atoms with Crippen molar-refractivity contribution in [3.63, 3.8) is 0 Å². The van der Waals surface area contributed by atoms with Crippen LogP contribution in [0.4, 0.5) is 0 Å². The molecule has 1 fully saturated rings. The standard InChI is InChI=1S/C17H28OS/c1-11-8-12(2)10-13(9-11)16(18)14-6-7-15(19-14)17(3,4)5/h6-7,11-13,16,18H,8-10H2,1-5H3. The molecule has 1 N–H and O–H groups in total. The molecule has 0 amide bonds. The third kappa shape index (κ3) is 3.61. The highest BCUT2D eigenvalue weighted by atomic mass is 32.1. The van der Waals surface area contributed by atoms with Gasteiger partial charge in [0.05, 0.1) is 6.10 Å². The smallest absolute Gasteiger partial charge is 0.0910 e. The van der Waals surface area contributed by atoms with Crippen LogP contribution in [0.25, 0.3) is 0 Å². The summed E-state index contributed by atoms with van der Waals surface area (Å²) in [6, 6.07) is 4.33. The maximum absolute atomic E-state index is 10.7. The predicted octanol–water partition coefficient (Wildman–Crippen LogP) is 5.15. The van der Waals surface area contributed by atoms with Crippen LogP contribution in [-0.2, 0) is 5.41 Å². The zero-order valence-corrected chi connectivity index (χ0v) is 13.8. The van der Waals surface area contributed by atoms with Crippen molar-refractivity contribution in [2.24, 2.45) is 17.8 Å². The highest BCUT2D eigenvalue weighted by molar-refractivity contribution is 7.12. The molecule has 0 saturated heterocycles. The molecule has 0 spiro atoms. The Morgan fingerprint density at radius 2 is 1.68 bits per heavy atom. The van der Waals surface area contributed by atoms with E-state index < -0.39 is 0 Å². The molecule has 0 radical (unpaired) electrons. The van der Waals surface area contributed by atoms with Crippen molar-refractivity contribution in [2.75, 3.05) is 0 Å². The Kier molecular flexibility index (Phi) is 4.42. The van der Waals surface area contributed by atoms with E-state index in [9.17, 15) is 5.11 Å². The fourth-order valence-corrected chi connectivity index (χ4v) is 4.56. The number of hydrogen-bond acceptors (Lipinski definition) is 2. The quantitative estimate of drug-likeness (QED) is 0.794. The summed E-state index contributed by atoms with van der Waals surface area (Å²) in [7, 11) is 0. The number of aliphatic hydroxyl groups excluding tert-OH is 1. The summed E-state index contributed by atoms with van der Waals surface area (Å²) in [4.78, 5) is 2.54. The van der Waals surface area contributed by atoms with Crippen molar-refractivity contribution in [1.82, 2.24) is 0 Å². The fourth-order valence-electron chi connectivity index (χ4n) is 3.41. The molecule has 1 heterocycles. The second kappa shape index (κ2) is 5.57. The van der Waals surface area contributed by atoms with E-state index in [4.69, 9.17) is 0 Å². The van der Waals surface area contributed by atoms with E-state index >= 15 is 0 Å². The lowest BCUT2D eigenvalue weighted by atomic mass is 9.74. The summed E-state index contributed by atoms with van der Waals surface area (Å²) >= 11 is 1.79. The van der Waals surface area contributed by atoms with E-state index in [1.807, 2.05) is 0 Å². The van der Waals surface area contributed by atoms with Gasteiger partial charge < -0.3 is 5.11 Å². The molecule has 2 heteroatoms. The normalized spacial score (nSPS) is 30.3. The number of aliphatic hydroxyl groups is 1. The molecular formula is C17H28OS. The number of rotatable bonds is 2. The monoisotopic (exact) mass is 280 g/mol. The molecule has 0 aromatic carbocycles. The molecule has 1 nitrogen and oxygen atoms in total. The van der Waals surface area contributed by atoms with Gasteiger partial charge in [-0.15, -0.1) is 11.3 Å². The Hall–Kier alpha value is -0.340. The van der Waals surface area contributed by atoms with Crippen molar-refractivity contribution in [1.29, 1.82) is 0 Å². The minimum absolute atomic E-state index is 0.190. The summed E-state index contributed by atoms with van der Waals surface area (Å²) in [6.07, 6.45) is 3.41. The lowest BCUT2D eigenvalue weighted by Crippen LogP contribution is -2.24. The summed E-state index contributed by atoms with van der Waals surface area (Å²) in [5.74, 6) is 1.96. The van der Waals surface area contributed by atoms with Crippen LogP contribution in [0.2, 0.25) is 0 Å². The van der Waals surface area contributed by atoms with Gasteiger partial charge in [0.1, 0.15) is 0 Å². The molecule has 0 bridgehead atoms. The lowest BCUT2D eigenvalue weighted by Gasteiger charge is -2.34. The van der Waals surface area contributed by atoms with Crippen molar-refractivity contribution in [3.05, 3.63) is 21.9 Å². The number of hydrogen-bond donors (Lipinski definition) is 1. The van der Waals surface area contributed by atoms with Crippen LogP contribution in [-0.4, -0.2) is 5.11 Å². The highest BCUT2D eigenvalue weighted by Gasteiger charge is 2.31. The Morgan fingerprint density at radius 1 is 1.11 bits per heavy atom. The second-order valence-electron chi connectivity index (χ2n) is 7.57. The van der Waals surface area contributed by atoms with E-state index in [-0.39, 0.29) is 11.5 Å². The van der Waals surface area contributed by atoms with Gasteiger partial charge in [-0.25, -0.2) is 0 Å². The Labute approximate surface area is 122 Å². The first-order valence-corrected chi connectivity index (χ1v) is 8.37. The maximum Gasteiger partial charge on any atom is 0.0910 e. The molecule has 3 unspecified atom stereocenters. The van der Waals surface area contributed by atoms with Crippen LogP contribution in [0.5, 0.6) is 0 Å². The van der Waals surface area contributed by atoms with E-state index in [2.05, 4.69) is 46.8 Å². The van der Waals surface area contributed by atoms with Gasteiger partial charge in [0.15, 0.2) is 0 Å². The third-order valence-electron chi connectivity index (χ3n) is 4.32. The largest absolute Gasteiger partial charge is 0.387 e. The van der Waals surface area contributed by atoms with Crippen molar-refractivity contribution in [2.45, 2.75) is 65.4 Å². The Morgan fingerprint density at radius 3 is 2.16 bits per heavy atom. The summed E-state index contributed by atoms with van der Waals surface area (Å²) in [5.41, 5.74) is 0.190. The molecule has 19 heavy (non-hydrogen) atoms. The van der Waals surface area contributed by atoms with Crippen LogP contribution in [0, 0.1) is 17.8 Å². The molecular weight excluding hydrogens is 252 g/mol. The first-order chi connectivity index (χ1) is 8.77. The van der Waals surface area contributed by atoms with Crippen LogP contribution in [0.1, 0.15) is 69.7 Å². The van der Waals surface area contributed by atoms with Crippen molar-refractivity contribution >= 4 is 11.3 Å². The molecule has 108 valence electrons. The molecule has 2 rings (SSSR count). The second-order valence-corrected chi connectivity index (χ2v) is 8.69. The van der Waals surface area contributed by atoms with Crippen LogP contribution in [0.15, 0.2) is 12.1 Å². The van der Waals surface area contributed by atoms with Gasteiger partial charge in [-0.2, -0.15) is 0 Å². The average Bonchev–Trinajstić information content (AvgIpc) is 2.75. The zero-order chi connectivity index (χ0) is 14.2. The fraction of sp³-hybridized carbons (Fsp3) is 0.765. The summed E-state index contributed by atoms with van der Waals surface area (Å²) in [6.45, 7) is 11.4. The maximum atomic E-state index is 10.7. The zero-order valence-electron chi connectivity index (χ0n) is 12.9. The van der Waals surface area contributed by atoms with Crippen LogP contribution in [0.3, 0.4) is 0 Å². The summed E-state index contributed by atoms with van der Waals surface area (Å²) in [5, 5.41) is 10.7. The average molecular weight is 280 g/mol. The van der Waals surface area contributed by atoms with Gasteiger partial charge >= 0.3 is 0 Å². The van der Waals surface area contributed by atoms with E-state index in [0.29, 0.717) is 5.92 Å². The molecule has 3 atom stereocenters. The van der Waals surface area contributed by atoms with Gasteiger partial charge in [-0.1, -0.05) is 34.6 Å². The Bertz CT molecular complexity index is 405. The van der Waals surface area contributed by atoms with E-state index in [1.54, 1.807) is 11.3 Å². The lowest BCUT2D eigenvalue weighted by molar-refractivity contribution is 0.0577. The van der Waals surface area contributed by atoms with Gasteiger partial charge in [0, 0.05) is 9.75 Å². The molecule has 1 aromatic heterocycles. The molecule has 1 saturated carbocycles. The van der Waals surface area contributed by atoms with Crippen molar-refractivity contribution in [3.8, 4) is 0 Å². The first kappa shape index (κ1) is 15.1. The van der Waals surface area contributed by atoms with Gasteiger partial charge in [-0.3, -0.25) is 0 Å². The van der Waals surface area contributed by atoms with Gasteiger partial charge in [0.25, 0.3) is 0 Å². The summed E-state index contributed by atoms with van der Waals surface area (Å²) < 4.78 is 0. The van der Waals surface area contributed by atoms with Crippen molar-refractivity contribution < 1.29 is 5.11 Å². The number of thiophene rings is 1. The molecule has 1 aliphatic carbocycles. The predicted molar refractivity (Wildman–Crippen MR) is 83.6 cm³/mol. The third-order valence-corrected chi connectivity index (χ3v) is 5.90. The van der Waals surface area contributed by atoms with Gasteiger partial charge in [0.2, 0.25) is 0 Å². The Balaban J connectivity index is 2.11. The molecule has 1 aliphatic rings. The first-order valence-electron chi connectivity index (χ1n) is 7.55. The minimum atomic E-state index is -0.258. The molecule has 0 aliphatic heterocycles.